The number of nitrogens with one attached hydrogen (secondary N) is 2. The molecule has 1 aliphatic rings. The third-order valence-electron chi connectivity index (χ3n) is 4.94. The van der Waals surface area contributed by atoms with Gasteiger partial charge in [-0.1, -0.05) is 0 Å². The van der Waals surface area contributed by atoms with Crippen molar-refractivity contribution in [1.82, 2.24) is 20.3 Å². The Morgan fingerprint density at radius 2 is 2.03 bits per heavy atom. The second kappa shape index (κ2) is 9.11. The fourth-order valence-electron chi connectivity index (χ4n) is 3.30. The summed E-state index contributed by atoms with van der Waals surface area (Å²) in [7, 11) is 1.52. The van der Waals surface area contributed by atoms with Crippen molar-refractivity contribution in [1.29, 1.82) is 5.26 Å². The van der Waals surface area contributed by atoms with Crippen molar-refractivity contribution < 1.29 is 18.3 Å². The quantitative estimate of drug-likeness (QED) is 0.602. The number of rotatable bonds is 6. The van der Waals surface area contributed by atoms with Gasteiger partial charge < -0.3 is 20.1 Å². The highest BCUT2D eigenvalue weighted by Gasteiger charge is 2.43. The lowest BCUT2D eigenvalue weighted by atomic mass is 10.0. The van der Waals surface area contributed by atoms with Crippen LogP contribution >= 0.6 is 0 Å². The standard InChI is InChI=1S/C22H20F2N6O2/c1-31-20-11-16(4-8-27-20)29-21-28-9-5-17(30-21)14-2-3-18(15(10-14)12-25)32-19-6-7-26-13-22(19,23)24/h2-5,8-11,19,26H,6-7,13H2,1H3,(H,27,28,29,30). The van der Waals surface area contributed by atoms with Gasteiger partial charge >= 0.3 is 0 Å². The Balaban J connectivity index is 1.56. The Bertz CT molecular complexity index is 1150. The molecule has 0 radical (unpaired) electrons. The number of hydrogen-bond donors (Lipinski definition) is 2. The zero-order valence-electron chi connectivity index (χ0n) is 17.2. The largest absolute Gasteiger partial charge is 0.483 e. The molecule has 1 aliphatic heterocycles. The van der Waals surface area contributed by atoms with Crippen LogP contribution in [0.15, 0.2) is 48.8 Å². The first-order valence-corrected chi connectivity index (χ1v) is 9.88. The van der Waals surface area contributed by atoms with Gasteiger partial charge in [0, 0.05) is 36.1 Å². The molecule has 2 aromatic heterocycles. The lowest BCUT2D eigenvalue weighted by Crippen LogP contribution is -2.52. The number of halogens is 2. The third kappa shape index (κ3) is 4.73. The molecule has 3 aromatic rings. The molecule has 0 saturated carbocycles. The molecule has 164 valence electrons. The highest BCUT2D eigenvalue weighted by molar-refractivity contribution is 5.66. The second-order valence-corrected chi connectivity index (χ2v) is 7.13. The molecule has 0 bridgehead atoms. The summed E-state index contributed by atoms with van der Waals surface area (Å²) in [6.07, 6.45) is 2.04. The minimum absolute atomic E-state index is 0.124. The van der Waals surface area contributed by atoms with E-state index >= 15 is 0 Å². The van der Waals surface area contributed by atoms with E-state index in [1.54, 1.807) is 42.7 Å². The number of anilines is 2. The van der Waals surface area contributed by atoms with E-state index in [9.17, 15) is 14.0 Å². The fourth-order valence-corrected chi connectivity index (χ4v) is 3.30. The summed E-state index contributed by atoms with van der Waals surface area (Å²) >= 11 is 0. The number of methoxy groups -OCH3 is 1. The Labute approximate surface area is 183 Å². The number of ether oxygens (including phenoxy) is 2. The van der Waals surface area contributed by atoms with E-state index in [1.807, 2.05) is 6.07 Å². The van der Waals surface area contributed by atoms with Gasteiger partial charge in [0.25, 0.3) is 5.92 Å². The highest BCUT2D eigenvalue weighted by atomic mass is 19.3. The van der Waals surface area contributed by atoms with Gasteiger partial charge in [-0.2, -0.15) is 5.26 Å². The average molecular weight is 438 g/mol. The van der Waals surface area contributed by atoms with Crippen molar-refractivity contribution in [2.75, 3.05) is 25.5 Å². The molecule has 1 aromatic carbocycles. The molecule has 1 unspecified atom stereocenters. The van der Waals surface area contributed by atoms with E-state index in [2.05, 4.69) is 25.6 Å². The summed E-state index contributed by atoms with van der Waals surface area (Å²) in [5.41, 5.74) is 2.03. The number of piperidine rings is 1. The van der Waals surface area contributed by atoms with Gasteiger partial charge in [0.15, 0.2) is 6.10 Å². The van der Waals surface area contributed by atoms with E-state index in [4.69, 9.17) is 9.47 Å². The molecular weight excluding hydrogens is 418 g/mol. The molecule has 8 nitrogen and oxygen atoms in total. The van der Waals surface area contributed by atoms with E-state index in [1.165, 1.54) is 13.2 Å². The fraction of sp³-hybridized carbons (Fsp3) is 0.273. The Kier molecular flexibility index (Phi) is 6.09. The van der Waals surface area contributed by atoms with Crippen LogP contribution < -0.4 is 20.1 Å². The van der Waals surface area contributed by atoms with Crippen molar-refractivity contribution in [3.8, 4) is 29.0 Å². The van der Waals surface area contributed by atoms with Gasteiger partial charge in [-0.15, -0.1) is 0 Å². The molecule has 0 aliphatic carbocycles. The van der Waals surface area contributed by atoms with Gasteiger partial charge in [-0.25, -0.2) is 23.7 Å². The maximum Gasteiger partial charge on any atom is 0.296 e. The Morgan fingerprint density at radius 1 is 1.19 bits per heavy atom. The third-order valence-corrected chi connectivity index (χ3v) is 4.94. The maximum absolute atomic E-state index is 14.1. The summed E-state index contributed by atoms with van der Waals surface area (Å²) in [5.74, 6) is -2.10. The van der Waals surface area contributed by atoms with Crippen molar-refractivity contribution in [2.45, 2.75) is 18.4 Å². The first-order chi connectivity index (χ1) is 15.5. The van der Waals surface area contributed by atoms with Crippen LogP contribution in [0.5, 0.6) is 11.6 Å². The normalized spacial score (nSPS) is 17.2. The van der Waals surface area contributed by atoms with E-state index < -0.39 is 18.6 Å². The Hall–Kier alpha value is -3.84. The van der Waals surface area contributed by atoms with Gasteiger partial charge in [0.2, 0.25) is 11.8 Å². The minimum atomic E-state index is -3.01. The summed E-state index contributed by atoms with van der Waals surface area (Å²) in [6, 6.07) is 11.9. The zero-order chi connectivity index (χ0) is 22.6. The number of alkyl halides is 2. The number of nitrogens with zero attached hydrogens (tertiary/aromatic N) is 4. The summed E-state index contributed by atoms with van der Waals surface area (Å²) in [4.78, 5) is 12.7. The van der Waals surface area contributed by atoms with Gasteiger partial charge in [-0.05, 0) is 36.9 Å². The lowest BCUT2D eigenvalue weighted by Gasteiger charge is -2.32. The van der Waals surface area contributed by atoms with Crippen molar-refractivity contribution in [3.05, 3.63) is 54.4 Å². The molecule has 1 fully saturated rings. The first-order valence-electron chi connectivity index (χ1n) is 9.88. The smallest absolute Gasteiger partial charge is 0.296 e. The molecule has 10 heteroatoms. The van der Waals surface area contributed by atoms with Gasteiger partial charge in [-0.3, -0.25) is 0 Å². The monoisotopic (exact) mass is 438 g/mol. The van der Waals surface area contributed by atoms with Crippen LogP contribution in [0.2, 0.25) is 0 Å². The predicted octanol–water partition coefficient (Wildman–Crippen LogP) is 3.54. The molecule has 0 spiro atoms. The second-order valence-electron chi connectivity index (χ2n) is 7.13. The molecule has 0 amide bonds. The summed E-state index contributed by atoms with van der Waals surface area (Å²) in [5, 5.41) is 15.3. The summed E-state index contributed by atoms with van der Waals surface area (Å²) < 4.78 is 38.8. The van der Waals surface area contributed by atoms with Crippen molar-refractivity contribution in [3.63, 3.8) is 0 Å². The van der Waals surface area contributed by atoms with Gasteiger partial charge in [0.05, 0.1) is 24.9 Å². The SMILES string of the molecule is COc1cc(Nc2nccc(-c3ccc(OC4CCNCC4(F)F)c(C#N)c3)n2)ccn1. The molecular formula is C22H20F2N6O2. The number of hydrogen-bond acceptors (Lipinski definition) is 8. The van der Waals surface area contributed by atoms with Crippen LogP contribution in [0.4, 0.5) is 20.4 Å². The number of pyridine rings is 1. The van der Waals surface area contributed by atoms with E-state index in [-0.39, 0.29) is 17.7 Å². The number of benzene rings is 1. The number of nitriles is 1. The molecule has 1 atom stereocenters. The first kappa shape index (κ1) is 21.4. The molecule has 3 heterocycles. The maximum atomic E-state index is 14.1. The van der Waals surface area contributed by atoms with Crippen molar-refractivity contribution in [2.24, 2.45) is 0 Å². The number of aromatic nitrogens is 3. The van der Waals surface area contributed by atoms with Crippen LogP contribution in [0.1, 0.15) is 12.0 Å². The predicted molar refractivity (Wildman–Crippen MR) is 113 cm³/mol. The molecule has 2 N–H and O–H groups in total. The Morgan fingerprint density at radius 3 is 2.81 bits per heavy atom. The topological polar surface area (TPSA) is 105 Å². The van der Waals surface area contributed by atoms with Crippen LogP contribution in [-0.4, -0.2) is 47.2 Å². The van der Waals surface area contributed by atoms with Crippen LogP contribution in [-0.2, 0) is 0 Å². The average Bonchev–Trinajstić information content (AvgIpc) is 2.81. The zero-order valence-corrected chi connectivity index (χ0v) is 17.2. The summed E-state index contributed by atoms with van der Waals surface area (Å²) in [6.45, 7) is -0.0159. The van der Waals surface area contributed by atoms with Crippen LogP contribution in [0.25, 0.3) is 11.3 Å². The van der Waals surface area contributed by atoms with Crippen LogP contribution in [0.3, 0.4) is 0 Å². The molecule has 4 rings (SSSR count). The van der Waals surface area contributed by atoms with E-state index in [0.717, 1.165) is 0 Å². The minimum Gasteiger partial charge on any atom is -0.483 e. The van der Waals surface area contributed by atoms with Crippen molar-refractivity contribution >= 4 is 11.6 Å². The highest BCUT2D eigenvalue weighted by Crippen LogP contribution is 2.32. The van der Waals surface area contributed by atoms with Crippen LogP contribution in [0, 0.1) is 11.3 Å². The molecule has 32 heavy (non-hydrogen) atoms. The van der Waals surface area contributed by atoms with E-state index in [0.29, 0.717) is 35.3 Å². The van der Waals surface area contributed by atoms with Gasteiger partial charge in [0.1, 0.15) is 11.8 Å². The molecule has 1 saturated heterocycles. The lowest BCUT2D eigenvalue weighted by molar-refractivity contribution is -0.109.